The zero-order valence-electron chi connectivity index (χ0n) is 10.6. The van der Waals surface area contributed by atoms with Crippen LogP contribution in [0.5, 0.6) is 0 Å². The molecule has 1 aliphatic carbocycles. The molecule has 96 valence electrons. The second kappa shape index (κ2) is 4.72. The zero-order valence-corrected chi connectivity index (χ0v) is 11.4. The topological polar surface area (TPSA) is 63.8 Å². The minimum Gasteiger partial charge on any atom is -0.369 e. The van der Waals surface area contributed by atoms with Crippen molar-refractivity contribution in [3.8, 4) is 0 Å². The lowest BCUT2D eigenvalue weighted by atomic mass is 10.1. The predicted octanol–water partition coefficient (Wildman–Crippen LogP) is 3.18. The average molecular weight is 262 g/mol. The Morgan fingerprint density at radius 2 is 2.17 bits per heavy atom. The normalized spacial score (nSPS) is 16.5. The third kappa shape index (κ3) is 2.27. The van der Waals surface area contributed by atoms with Crippen molar-refractivity contribution >= 4 is 33.3 Å². The first-order chi connectivity index (χ1) is 8.72. The van der Waals surface area contributed by atoms with Crippen LogP contribution in [-0.4, -0.2) is 16.5 Å². The van der Waals surface area contributed by atoms with Gasteiger partial charge in [0.25, 0.3) is 0 Å². The molecular weight excluding hydrogens is 244 g/mol. The first-order valence-corrected chi connectivity index (χ1v) is 7.31. The van der Waals surface area contributed by atoms with Crippen molar-refractivity contribution in [1.29, 1.82) is 0 Å². The average Bonchev–Trinajstić information content (AvgIpc) is 2.93. The zero-order chi connectivity index (χ0) is 12.5. The van der Waals surface area contributed by atoms with Crippen molar-refractivity contribution in [1.82, 2.24) is 9.97 Å². The number of aryl methyl sites for hydroxylation is 1. The number of nitrogen functional groups attached to an aromatic ring is 1. The lowest BCUT2D eigenvalue weighted by molar-refractivity contribution is 0.579. The molecular formula is C13H18N4S. The second-order valence-corrected chi connectivity index (χ2v) is 6.27. The molecule has 1 fully saturated rings. The molecule has 0 saturated heterocycles. The van der Waals surface area contributed by atoms with E-state index in [9.17, 15) is 0 Å². The van der Waals surface area contributed by atoms with Gasteiger partial charge in [-0.15, -0.1) is 11.3 Å². The summed E-state index contributed by atoms with van der Waals surface area (Å²) < 4.78 is 0. The molecule has 1 saturated carbocycles. The molecule has 2 heterocycles. The molecule has 0 bridgehead atoms. The molecule has 18 heavy (non-hydrogen) atoms. The highest BCUT2D eigenvalue weighted by atomic mass is 32.1. The molecule has 0 spiro atoms. The van der Waals surface area contributed by atoms with E-state index in [-0.39, 0.29) is 0 Å². The largest absolute Gasteiger partial charge is 0.369 e. The molecule has 3 rings (SSSR count). The number of hydrogen-bond acceptors (Lipinski definition) is 5. The van der Waals surface area contributed by atoms with E-state index < -0.39 is 0 Å². The highest BCUT2D eigenvalue weighted by Crippen LogP contribution is 2.30. The maximum atomic E-state index is 5.76. The van der Waals surface area contributed by atoms with E-state index in [4.69, 9.17) is 5.73 Å². The first-order valence-electron chi connectivity index (χ1n) is 6.50. The summed E-state index contributed by atoms with van der Waals surface area (Å²) >= 11 is 1.67. The summed E-state index contributed by atoms with van der Waals surface area (Å²) in [7, 11) is 0. The highest BCUT2D eigenvalue weighted by molar-refractivity contribution is 7.18. The van der Waals surface area contributed by atoms with Crippen LogP contribution in [0.25, 0.3) is 10.2 Å². The molecule has 3 N–H and O–H groups in total. The first kappa shape index (κ1) is 11.7. The minimum absolute atomic E-state index is 0.360. The molecule has 0 atom stereocenters. The van der Waals surface area contributed by atoms with Crippen LogP contribution in [0.3, 0.4) is 0 Å². The van der Waals surface area contributed by atoms with E-state index in [1.807, 2.05) is 0 Å². The van der Waals surface area contributed by atoms with E-state index in [1.54, 1.807) is 11.3 Å². The van der Waals surface area contributed by atoms with E-state index in [2.05, 4.69) is 28.3 Å². The van der Waals surface area contributed by atoms with Gasteiger partial charge in [0.05, 0.1) is 5.39 Å². The second-order valence-electron chi connectivity index (χ2n) is 5.04. The quantitative estimate of drug-likeness (QED) is 0.891. The number of nitrogens with one attached hydrogen (secondary N) is 1. The summed E-state index contributed by atoms with van der Waals surface area (Å²) in [6, 6.07) is 2.14. The molecule has 0 unspecified atom stereocenters. The van der Waals surface area contributed by atoms with E-state index in [0.29, 0.717) is 5.95 Å². The fraction of sp³-hybridized carbons (Fsp3) is 0.538. The Hall–Kier alpha value is -1.36. The van der Waals surface area contributed by atoms with Crippen LogP contribution >= 0.6 is 11.3 Å². The smallest absolute Gasteiger partial charge is 0.223 e. The number of rotatable bonds is 3. The van der Waals surface area contributed by atoms with Crippen LogP contribution in [0.2, 0.25) is 0 Å². The number of hydrogen-bond donors (Lipinski definition) is 2. The Bertz CT molecular complexity index is 557. The molecule has 2 aromatic rings. The van der Waals surface area contributed by atoms with Gasteiger partial charge in [-0.05, 0) is 31.7 Å². The van der Waals surface area contributed by atoms with Gasteiger partial charge < -0.3 is 11.1 Å². The molecule has 1 aliphatic rings. The van der Waals surface area contributed by atoms with Gasteiger partial charge in [0.2, 0.25) is 5.95 Å². The lowest BCUT2D eigenvalue weighted by Crippen LogP contribution is -2.12. The van der Waals surface area contributed by atoms with Crippen molar-refractivity contribution in [2.45, 2.75) is 32.6 Å². The van der Waals surface area contributed by atoms with Crippen molar-refractivity contribution in [2.24, 2.45) is 5.92 Å². The Labute approximate surface area is 111 Å². The highest BCUT2D eigenvalue weighted by Gasteiger charge is 2.16. The molecule has 0 amide bonds. The van der Waals surface area contributed by atoms with Crippen molar-refractivity contribution in [2.75, 3.05) is 17.6 Å². The van der Waals surface area contributed by atoms with Gasteiger partial charge in [-0.2, -0.15) is 4.98 Å². The maximum Gasteiger partial charge on any atom is 0.223 e. The summed E-state index contributed by atoms with van der Waals surface area (Å²) in [4.78, 5) is 10.8. The fourth-order valence-electron chi connectivity index (χ4n) is 2.65. The number of nitrogens with zero attached hydrogens (tertiary/aromatic N) is 2. The number of fused-ring (bicyclic) bond motifs is 1. The molecule has 0 aliphatic heterocycles. The van der Waals surface area contributed by atoms with Gasteiger partial charge in [-0.25, -0.2) is 4.98 Å². The van der Waals surface area contributed by atoms with Gasteiger partial charge in [-0.3, -0.25) is 0 Å². The van der Waals surface area contributed by atoms with Crippen LogP contribution in [0.15, 0.2) is 6.07 Å². The van der Waals surface area contributed by atoms with Gasteiger partial charge in [0, 0.05) is 11.4 Å². The Morgan fingerprint density at radius 1 is 1.39 bits per heavy atom. The van der Waals surface area contributed by atoms with Crippen molar-refractivity contribution < 1.29 is 0 Å². The molecule has 2 aromatic heterocycles. The summed E-state index contributed by atoms with van der Waals surface area (Å²) in [5, 5.41) is 4.56. The van der Waals surface area contributed by atoms with Crippen molar-refractivity contribution in [3.63, 3.8) is 0 Å². The minimum atomic E-state index is 0.360. The molecule has 0 aromatic carbocycles. The number of nitrogens with two attached hydrogens (primary N) is 1. The van der Waals surface area contributed by atoms with Crippen LogP contribution in [-0.2, 0) is 0 Å². The fourth-order valence-corrected chi connectivity index (χ4v) is 3.54. The Balaban J connectivity index is 1.85. The summed E-state index contributed by atoms with van der Waals surface area (Å²) in [5.41, 5.74) is 5.76. The van der Waals surface area contributed by atoms with Crippen molar-refractivity contribution in [3.05, 3.63) is 10.9 Å². The summed E-state index contributed by atoms with van der Waals surface area (Å²) in [5.74, 6) is 2.04. The lowest BCUT2D eigenvalue weighted by Gasteiger charge is -2.11. The Kier molecular flexibility index (Phi) is 3.07. The van der Waals surface area contributed by atoms with Crippen LogP contribution in [0.4, 0.5) is 11.8 Å². The van der Waals surface area contributed by atoms with Gasteiger partial charge >= 0.3 is 0 Å². The number of anilines is 2. The number of aromatic nitrogens is 2. The monoisotopic (exact) mass is 262 g/mol. The standard InChI is InChI=1S/C13H18N4S/c1-8-6-10-11(15-7-9-4-2-3-5-9)16-13(14)17-12(10)18-8/h6,9H,2-5,7H2,1H3,(H3,14,15,16,17). The molecule has 4 nitrogen and oxygen atoms in total. The summed E-state index contributed by atoms with van der Waals surface area (Å²) in [6.45, 7) is 3.09. The van der Waals surface area contributed by atoms with E-state index in [1.165, 1.54) is 30.6 Å². The van der Waals surface area contributed by atoms with E-state index >= 15 is 0 Å². The number of thiophene rings is 1. The van der Waals surface area contributed by atoms with Gasteiger partial charge in [0.15, 0.2) is 0 Å². The molecule has 0 radical (unpaired) electrons. The predicted molar refractivity (Wildman–Crippen MR) is 77.0 cm³/mol. The van der Waals surface area contributed by atoms with Gasteiger partial charge in [-0.1, -0.05) is 12.8 Å². The maximum absolute atomic E-state index is 5.76. The third-order valence-corrected chi connectivity index (χ3v) is 4.51. The SMILES string of the molecule is Cc1cc2c(NCC3CCCC3)nc(N)nc2s1. The van der Waals surface area contributed by atoms with Gasteiger partial charge in [0.1, 0.15) is 10.6 Å². The Morgan fingerprint density at radius 3 is 2.94 bits per heavy atom. The van der Waals surface area contributed by atoms with Crippen LogP contribution in [0, 0.1) is 12.8 Å². The van der Waals surface area contributed by atoms with E-state index in [0.717, 1.165) is 28.5 Å². The molecule has 5 heteroatoms. The third-order valence-electron chi connectivity index (χ3n) is 3.57. The summed E-state index contributed by atoms with van der Waals surface area (Å²) in [6.07, 6.45) is 5.40. The van der Waals surface area contributed by atoms with Crippen LogP contribution in [0.1, 0.15) is 30.6 Å². The van der Waals surface area contributed by atoms with Crippen LogP contribution < -0.4 is 11.1 Å².